The first-order valence-corrected chi connectivity index (χ1v) is 11.0. The molecule has 0 aliphatic heterocycles. The van der Waals surface area contributed by atoms with Crippen molar-refractivity contribution < 1.29 is 4.74 Å². The molecule has 0 saturated heterocycles. The largest absolute Gasteiger partial charge is 0.446 e. The summed E-state index contributed by atoms with van der Waals surface area (Å²) in [7, 11) is 0. The second kappa shape index (κ2) is 9.67. The van der Waals surface area contributed by atoms with Gasteiger partial charge in [0, 0.05) is 12.0 Å². The fourth-order valence-electron chi connectivity index (χ4n) is 3.37. The van der Waals surface area contributed by atoms with Gasteiger partial charge in [-0.3, -0.25) is 0 Å². The molecule has 1 nitrogen and oxygen atoms in total. The number of fused-ring (bicyclic) bond motifs is 1. The molecule has 0 saturated carbocycles. The molecule has 4 aromatic rings. The van der Waals surface area contributed by atoms with Gasteiger partial charge < -0.3 is 4.74 Å². The molecule has 154 valence electrons. The van der Waals surface area contributed by atoms with Gasteiger partial charge in [0.1, 0.15) is 5.75 Å². The van der Waals surface area contributed by atoms with Gasteiger partial charge in [-0.15, -0.1) is 0 Å². The van der Waals surface area contributed by atoms with Gasteiger partial charge in [-0.25, -0.2) is 0 Å². The van der Waals surface area contributed by atoms with Crippen LogP contribution in [0.4, 0.5) is 0 Å². The predicted molar refractivity (Wildman–Crippen MR) is 131 cm³/mol. The van der Waals surface area contributed by atoms with Crippen molar-refractivity contribution in [3.05, 3.63) is 113 Å². The highest BCUT2D eigenvalue weighted by Crippen LogP contribution is 2.30. The first-order chi connectivity index (χ1) is 14.9. The van der Waals surface area contributed by atoms with Crippen LogP contribution in [0.3, 0.4) is 0 Å². The third-order valence-corrected chi connectivity index (χ3v) is 5.07. The van der Waals surface area contributed by atoms with Crippen LogP contribution in [0.25, 0.3) is 10.8 Å². The normalized spacial score (nSPS) is 11.1. The van der Waals surface area contributed by atoms with Gasteiger partial charge in [0.25, 0.3) is 0 Å². The second-order valence-electron chi connectivity index (χ2n) is 7.23. The lowest BCUT2D eigenvalue weighted by molar-refractivity contribution is 0.320. The smallest absolute Gasteiger partial charge is 0.338 e. The Morgan fingerprint density at radius 3 is 2.13 bits per heavy atom. The van der Waals surface area contributed by atoms with E-state index >= 15 is 0 Å². The first kappa shape index (κ1) is 21.6. The molecule has 0 atom stereocenters. The highest BCUT2D eigenvalue weighted by molar-refractivity contribution is 6.66. The van der Waals surface area contributed by atoms with Crippen molar-refractivity contribution in [2.24, 2.45) is 0 Å². The van der Waals surface area contributed by atoms with E-state index in [0.717, 1.165) is 17.5 Å². The van der Waals surface area contributed by atoms with E-state index in [2.05, 4.69) is 72.5 Å². The highest BCUT2D eigenvalue weighted by Gasteiger charge is 2.21. The molecule has 0 aromatic heterocycles. The van der Waals surface area contributed by atoms with E-state index in [9.17, 15) is 0 Å². The van der Waals surface area contributed by atoms with Gasteiger partial charge in [-0.05, 0) is 93.0 Å². The molecular weight excluding hydrogens is 447 g/mol. The maximum Gasteiger partial charge on any atom is 0.338 e. The molecule has 4 heteroatoms. The number of benzene rings is 4. The predicted octanol–water partition coefficient (Wildman–Crippen LogP) is 7.73. The summed E-state index contributed by atoms with van der Waals surface area (Å²) in [6.07, 6.45) is 1.55. The lowest BCUT2D eigenvalue weighted by atomic mass is 10.00. The summed E-state index contributed by atoms with van der Waals surface area (Å²) in [4.78, 5) is 0. The van der Waals surface area contributed by atoms with Crippen LogP contribution >= 0.6 is 34.8 Å². The Kier molecular flexibility index (Phi) is 6.73. The Bertz CT molecular complexity index is 1230. The molecule has 0 bridgehead atoms. The van der Waals surface area contributed by atoms with Gasteiger partial charge in [0.2, 0.25) is 0 Å². The Morgan fingerprint density at radius 1 is 0.677 bits per heavy atom. The van der Waals surface area contributed by atoms with Crippen LogP contribution in [0, 0.1) is 11.8 Å². The van der Waals surface area contributed by atoms with Gasteiger partial charge in [-0.2, -0.15) is 0 Å². The standard InChI is InChI=1S/C27H19Cl3O/c28-27(29,30)31-26-15-11-20(12-16-26)7-4-8-22-9-13-24-14-10-23(19-25(24)18-22)17-21-5-2-1-3-6-21/h1-3,5-6,9-16,18-19H,7,17H2. The molecule has 0 radical (unpaired) electrons. The molecule has 0 unspecified atom stereocenters. The van der Waals surface area contributed by atoms with Crippen LogP contribution in [0.15, 0.2) is 91.0 Å². The number of hydrogen-bond acceptors (Lipinski definition) is 1. The average molecular weight is 466 g/mol. The molecule has 0 aliphatic carbocycles. The number of hydrogen-bond donors (Lipinski definition) is 0. The van der Waals surface area contributed by atoms with E-state index in [1.807, 2.05) is 18.2 Å². The van der Waals surface area contributed by atoms with E-state index in [4.69, 9.17) is 39.5 Å². The van der Waals surface area contributed by atoms with Crippen molar-refractivity contribution in [2.75, 3.05) is 0 Å². The van der Waals surface area contributed by atoms with Gasteiger partial charge in [0.15, 0.2) is 0 Å². The molecule has 0 N–H and O–H groups in total. The minimum absolute atomic E-state index is 0.498. The Hall–Kier alpha value is -2.63. The van der Waals surface area contributed by atoms with E-state index in [0.29, 0.717) is 12.2 Å². The van der Waals surface area contributed by atoms with E-state index in [1.54, 1.807) is 12.1 Å². The van der Waals surface area contributed by atoms with E-state index in [-0.39, 0.29) is 0 Å². The van der Waals surface area contributed by atoms with Gasteiger partial charge >= 0.3 is 3.98 Å². The molecule has 0 aliphatic rings. The number of alkyl halides is 3. The van der Waals surface area contributed by atoms with Crippen molar-refractivity contribution in [3.8, 4) is 17.6 Å². The van der Waals surface area contributed by atoms with Crippen LogP contribution in [0.1, 0.15) is 22.3 Å². The van der Waals surface area contributed by atoms with E-state index < -0.39 is 3.98 Å². The third kappa shape index (κ3) is 6.42. The SMILES string of the molecule is ClC(Cl)(Cl)Oc1ccc(CC#Cc2ccc3ccc(Cc4ccccc4)cc3c2)cc1. The van der Waals surface area contributed by atoms with Crippen LogP contribution in [-0.4, -0.2) is 3.98 Å². The average Bonchev–Trinajstić information content (AvgIpc) is 2.74. The second-order valence-corrected chi connectivity index (χ2v) is 9.41. The monoisotopic (exact) mass is 464 g/mol. The Balaban J connectivity index is 1.46. The zero-order valence-corrected chi connectivity index (χ0v) is 18.9. The fourth-order valence-corrected chi connectivity index (χ4v) is 3.64. The zero-order valence-electron chi connectivity index (χ0n) is 16.6. The number of halogens is 3. The molecule has 4 aromatic carbocycles. The summed E-state index contributed by atoms with van der Waals surface area (Å²) < 4.78 is 3.41. The van der Waals surface area contributed by atoms with Crippen molar-refractivity contribution >= 4 is 45.6 Å². The fraction of sp³-hybridized carbons (Fsp3) is 0.111. The molecule has 4 rings (SSSR count). The molecular formula is C27H19Cl3O. The molecule has 0 spiro atoms. The summed E-state index contributed by atoms with van der Waals surface area (Å²) in [5, 5.41) is 2.42. The Labute approximate surface area is 197 Å². The molecule has 0 fully saturated rings. The van der Waals surface area contributed by atoms with Crippen LogP contribution in [-0.2, 0) is 12.8 Å². The topological polar surface area (TPSA) is 9.23 Å². The number of ether oxygens (including phenoxy) is 1. The maximum absolute atomic E-state index is 5.64. The third-order valence-electron chi connectivity index (χ3n) is 4.84. The summed E-state index contributed by atoms with van der Waals surface area (Å²) in [5.74, 6) is 7.00. The van der Waals surface area contributed by atoms with Crippen molar-refractivity contribution in [3.63, 3.8) is 0 Å². The van der Waals surface area contributed by atoms with Crippen LogP contribution in [0.2, 0.25) is 0 Å². The summed E-state index contributed by atoms with van der Waals surface area (Å²) in [5.41, 5.74) is 4.67. The quantitative estimate of drug-likeness (QED) is 0.221. The molecule has 31 heavy (non-hydrogen) atoms. The van der Waals surface area contributed by atoms with Crippen LogP contribution < -0.4 is 4.74 Å². The summed E-state index contributed by atoms with van der Waals surface area (Å²) in [6, 6.07) is 30.8. The summed E-state index contributed by atoms with van der Waals surface area (Å²) >= 11 is 16.9. The molecule has 0 heterocycles. The minimum atomic E-state index is -1.77. The van der Waals surface area contributed by atoms with Crippen molar-refractivity contribution in [1.29, 1.82) is 0 Å². The van der Waals surface area contributed by atoms with Crippen molar-refractivity contribution in [1.82, 2.24) is 0 Å². The van der Waals surface area contributed by atoms with Crippen molar-refractivity contribution in [2.45, 2.75) is 16.8 Å². The minimum Gasteiger partial charge on any atom is -0.446 e. The number of rotatable bonds is 4. The van der Waals surface area contributed by atoms with E-state index in [1.165, 1.54) is 21.9 Å². The first-order valence-electron chi connectivity index (χ1n) is 9.85. The van der Waals surface area contributed by atoms with Gasteiger partial charge in [0.05, 0.1) is 0 Å². The Morgan fingerprint density at radius 2 is 1.39 bits per heavy atom. The lowest BCUT2D eigenvalue weighted by Crippen LogP contribution is -2.12. The lowest BCUT2D eigenvalue weighted by Gasteiger charge is -2.13. The van der Waals surface area contributed by atoms with Gasteiger partial charge in [-0.1, -0.05) is 78.6 Å². The maximum atomic E-state index is 5.64. The van der Waals surface area contributed by atoms with Crippen LogP contribution in [0.5, 0.6) is 5.75 Å². The zero-order chi connectivity index (χ0) is 21.7. The summed E-state index contributed by atoms with van der Waals surface area (Å²) in [6.45, 7) is 0. The molecule has 0 amide bonds. The highest BCUT2D eigenvalue weighted by atomic mass is 35.6.